The van der Waals surface area contributed by atoms with E-state index >= 15 is 0 Å². The van der Waals surface area contributed by atoms with Gasteiger partial charge in [0.05, 0.1) is 4.92 Å². The SMILES string of the molecule is Cc1ccccc1OCC(=O)OCC(=O)Nc1ccccc1[N+](=O)[O-]. The first-order valence-corrected chi connectivity index (χ1v) is 7.34. The second kappa shape index (κ2) is 8.44. The van der Waals surface area contributed by atoms with E-state index in [1.54, 1.807) is 18.2 Å². The van der Waals surface area contributed by atoms with Gasteiger partial charge in [-0.1, -0.05) is 30.3 Å². The Labute approximate surface area is 143 Å². The van der Waals surface area contributed by atoms with Gasteiger partial charge < -0.3 is 14.8 Å². The monoisotopic (exact) mass is 344 g/mol. The second-order valence-electron chi connectivity index (χ2n) is 5.04. The average molecular weight is 344 g/mol. The van der Waals surface area contributed by atoms with Crippen LogP contribution in [0.2, 0.25) is 0 Å². The number of carbonyl (C=O) groups excluding carboxylic acids is 2. The Morgan fingerprint density at radius 1 is 1.08 bits per heavy atom. The molecule has 0 saturated heterocycles. The molecule has 0 fully saturated rings. The minimum atomic E-state index is -0.721. The van der Waals surface area contributed by atoms with E-state index < -0.39 is 23.4 Å². The van der Waals surface area contributed by atoms with Crippen LogP contribution in [0.5, 0.6) is 5.75 Å². The highest BCUT2D eigenvalue weighted by molar-refractivity contribution is 5.94. The average Bonchev–Trinajstić information content (AvgIpc) is 2.59. The largest absolute Gasteiger partial charge is 0.482 e. The first kappa shape index (κ1) is 17.9. The Hall–Kier alpha value is -3.42. The Balaban J connectivity index is 1.81. The molecule has 0 bridgehead atoms. The number of nitrogens with one attached hydrogen (secondary N) is 1. The molecule has 0 radical (unpaired) electrons. The second-order valence-corrected chi connectivity index (χ2v) is 5.04. The van der Waals surface area contributed by atoms with Crippen molar-refractivity contribution in [3.63, 3.8) is 0 Å². The maximum absolute atomic E-state index is 11.8. The highest BCUT2D eigenvalue weighted by Crippen LogP contribution is 2.22. The number of para-hydroxylation sites is 3. The van der Waals surface area contributed by atoms with Crippen LogP contribution in [-0.2, 0) is 14.3 Å². The summed E-state index contributed by atoms with van der Waals surface area (Å²) in [6.07, 6.45) is 0. The van der Waals surface area contributed by atoms with Gasteiger partial charge in [0, 0.05) is 6.07 Å². The van der Waals surface area contributed by atoms with Crippen LogP contribution < -0.4 is 10.1 Å². The van der Waals surface area contributed by atoms with Crippen molar-refractivity contribution in [1.29, 1.82) is 0 Å². The lowest BCUT2D eigenvalue weighted by Crippen LogP contribution is -2.24. The fourth-order valence-electron chi connectivity index (χ4n) is 1.97. The first-order valence-electron chi connectivity index (χ1n) is 7.34. The Morgan fingerprint density at radius 3 is 2.48 bits per heavy atom. The zero-order valence-electron chi connectivity index (χ0n) is 13.4. The zero-order valence-corrected chi connectivity index (χ0v) is 13.4. The van der Waals surface area contributed by atoms with Gasteiger partial charge in [-0.25, -0.2) is 4.79 Å². The van der Waals surface area contributed by atoms with Gasteiger partial charge in [-0.15, -0.1) is 0 Å². The number of rotatable bonds is 7. The molecular formula is C17H16N2O6. The summed E-state index contributed by atoms with van der Waals surface area (Å²) in [5, 5.41) is 13.2. The molecule has 0 spiro atoms. The van der Waals surface area contributed by atoms with Crippen LogP contribution in [-0.4, -0.2) is 30.0 Å². The van der Waals surface area contributed by atoms with Crippen LogP contribution in [0.3, 0.4) is 0 Å². The maximum Gasteiger partial charge on any atom is 0.344 e. The van der Waals surface area contributed by atoms with Crippen molar-refractivity contribution >= 4 is 23.3 Å². The van der Waals surface area contributed by atoms with Crippen LogP contribution in [0.25, 0.3) is 0 Å². The minimum absolute atomic E-state index is 0.0321. The molecule has 0 aliphatic carbocycles. The summed E-state index contributed by atoms with van der Waals surface area (Å²) in [6.45, 7) is 0.923. The molecule has 0 aliphatic heterocycles. The molecule has 8 nitrogen and oxygen atoms in total. The molecule has 1 N–H and O–H groups in total. The number of hydrogen-bond acceptors (Lipinski definition) is 6. The molecule has 2 aromatic rings. The van der Waals surface area contributed by atoms with Gasteiger partial charge >= 0.3 is 5.97 Å². The van der Waals surface area contributed by atoms with Crippen molar-refractivity contribution in [3.8, 4) is 5.75 Å². The molecule has 8 heteroatoms. The molecular weight excluding hydrogens is 328 g/mol. The summed E-state index contributed by atoms with van der Waals surface area (Å²) in [7, 11) is 0. The van der Waals surface area contributed by atoms with E-state index in [-0.39, 0.29) is 18.0 Å². The zero-order chi connectivity index (χ0) is 18.2. The molecule has 0 unspecified atom stereocenters. The van der Waals surface area contributed by atoms with E-state index in [9.17, 15) is 19.7 Å². The van der Waals surface area contributed by atoms with Gasteiger partial charge in [0.15, 0.2) is 13.2 Å². The third-order valence-electron chi connectivity index (χ3n) is 3.18. The van der Waals surface area contributed by atoms with E-state index in [1.165, 1.54) is 18.2 Å². The highest BCUT2D eigenvalue weighted by Gasteiger charge is 2.16. The summed E-state index contributed by atoms with van der Waals surface area (Å²) in [5.41, 5.74) is 0.652. The van der Waals surface area contributed by atoms with E-state index in [0.29, 0.717) is 5.75 Å². The molecule has 2 aromatic carbocycles. The van der Waals surface area contributed by atoms with Crippen LogP contribution in [0.1, 0.15) is 5.56 Å². The van der Waals surface area contributed by atoms with Crippen LogP contribution in [0.15, 0.2) is 48.5 Å². The first-order chi connectivity index (χ1) is 12.0. The number of esters is 1. The predicted molar refractivity (Wildman–Crippen MR) is 89.4 cm³/mol. The van der Waals surface area contributed by atoms with Gasteiger partial charge in [-0.05, 0) is 24.6 Å². The fraction of sp³-hybridized carbons (Fsp3) is 0.176. The van der Waals surface area contributed by atoms with Crippen LogP contribution in [0, 0.1) is 17.0 Å². The highest BCUT2D eigenvalue weighted by atomic mass is 16.6. The number of nitrogens with zero attached hydrogens (tertiary/aromatic N) is 1. The van der Waals surface area contributed by atoms with Crippen molar-refractivity contribution in [2.75, 3.05) is 18.5 Å². The number of aryl methyl sites for hydroxylation is 1. The smallest absolute Gasteiger partial charge is 0.344 e. The van der Waals surface area contributed by atoms with E-state index in [2.05, 4.69) is 5.32 Å². The van der Waals surface area contributed by atoms with Gasteiger partial charge in [-0.2, -0.15) is 0 Å². The quantitative estimate of drug-likeness (QED) is 0.469. The minimum Gasteiger partial charge on any atom is -0.482 e. The van der Waals surface area contributed by atoms with Gasteiger partial charge in [0.2, 0.25) is 0 Å². The number of amides is 1. The molecule has 0 aromatic heterocycles. The molecule has 2 rings (SSSR count). The summed E-state index contributed by atoms with van der Waals surface area (Å²) in [5.74, 6) is -0.858. The lowest BCUT2D eigenvalue weighted by Gasteiger charge is -2.09. The molecule has 0 saturated carbocycles. The molecule has 25 heavy (non-hydrogen) atoms. The standard InChI is InChI=1S/C17H16N2O6/c1-12-6-2-5-9-15(12)24-11-17(21)25-10-16(20)18-13-7-3-4-8-14(13)19(22)23/h2-9H,10-11H2,1H3,(H,18,20). The summed E-state index contributed by atoms with van der Waals surface area (Å²) < 4.78 is 10.1. The van der Waals surface area contributed by atoms with Gasteiger partial charge in [-0.3, -0.25) is 14.9 Å². The number of carbonyl (C=O) groups is 2. The maximum atomic E-state index is 11.8. The lowest BCUT2D eigenvalue weighted by atomic mass is 10.2. The number of benzene rings is 2. The topological polar surface area (TPSA) is 108 Å². The van der Waals surface area contributed by atoms with Crippen LogP contribution in [0.4, 0.5) is 11.4 Å². The van der Waals surface area contributed by atoms with Crippen molar-refractivity contribution < 1.29 is 24.0 Å². The molecule has 130 valence electrons. The molecule has 1 amide bonds. The molecule has 0 aliphatic rings. The number of nitro benzene ring substituents is 1. The number of hydrogen-bond donors (Lipinski definition) is 1. The summed E-state index contributed by atoms with van der Waals surface area (Å²) in [4.78, 5) is 33.6. The Bertz CT molecular complexity index is 790. The molecule has 0 atom stereocenters. The number of ether oxygens (including phenoxy) is 2. The summed E-state index contributed by atoms with van der Waals surface area (Å²) in [6, 6.07) is 12.8. The third kappa shape index (κ3) is 5.31. The third-order valence-corrected chi connectivity index (χ3v) is 3.18. The predicted octanol–water partition coefficient (Wildman–Crippen LogP) is 2.46. The van der Waals surface area contributed by atoms with Crippen molar-refractivity contribution in [2.24, 2.45) is 0 Å². The van der Waals surface area contributed by atoms with E-state index in [0.717, 1.165) is 5.56 Å². The van der Waals surface area contributed by atoms with E-state index in [1.807, 2.05) is 19.1 Å². The van der Waals surface area contributed by atoms with Gasteiger partial charge in [0.25, 0.3) is 11.6 Å². The van der Waals surface area contributed by atoms with Crippen molar-refractivity contribution in [1.82, 2.24) is 0 Å². The Kier molecular flexibility index (Phi) is 6.05. The molecule has 0 heterocycles. The number of nitro groups is 1. The normalized spacial score (nSPS) is 9.96. The number of anilines is 1. The van der Waals surface area contributed by atoms with E-state index in [4.69, 9.17) is 9.47 Å². The van der Waals surface area contributed by atoms with Crippen LogP contribution >= 0.6 is 0 Å². The van der Waals surface area contributed by atoms with Crippen molar-refractivity contribution in [3.05, 3.63) is 64.2 Å². The van der Waals surface area contributed by atoms with Crippen molar-refractivity contribution in [2.45, 2.75) is 6.92 Å². The Morgan fingerprint density at radius 2 is 1.76 bits per heavy atom. The summed E-state index contributed by atoms with van der Waals surface area (Å²) >= 11 is 0. The fourth-order valence-corrected chi connectivity index (χ4v) is 1.97. The lowest BCUT2D eigenvalue weighted by molar-refractivity contribution is -0.383. The van der Waals surface area contributed by atoms with Gasteiger partial charge in [0.1, 0.15) is 11.4 Å².